The van der Waals surface area contributed by atoms with Crippen molar-refractivity contribution in [3.8, 4) is 0 Å². The minimum atomic E-state index is 0.178. The summed E-state index contributed by atoms with van der Waals surface area (Å²) in [6.07, 6.45) is 9.14. The lowest BCUT2D eigenvalue weighted by atomic mass is 10.1. The number of anilines is 1. The number of nitrogens with two attached hydrogens (primary N) is 1. The van der Waals surface area contributed by atoms with Crippen molar-refractivity contribution in [3.63, 3.8) is 0 Å². The molecule has 0 aliphatic carbocycles. The molecule has 0 atom stereocenters. The molecule has 1 aromatic heterocycles. The molecular formula is C13H20N4OS. The molecule has 6 heteroatoms. The maximum absolute atomic E-state index is 12.2. The number of carbonyl (C=O) groups is 1. The van der Waals surface area contributed by atoms with Gasteiger partial charge in [-0.3, -0.25) is 4.79 Å². The number of carbonyl (C=O) groups excluding carboxylic acids is 1. The molecule has 0 saturated carbocycles. The molecule has 1 aromatic rings. The number of nitrogen functional groups attached to an aromatic ring is 1. The number of hydrogen-bond donors (Lipinski definition) is 1. The number of thioether (sulfide) groups is 1. The van der Waals surface area contributed by atoms with Crippen molar-refractivity contribution in [2.24, 2.45) is 0 Å². The van der Waals surface area contributed by atoms with Crippen LogP contribution < -0.4 is 5.73 Å². The van der Waals surface area contributed by atoms with E-state index in [-0.39, 0.29) is 5.91 Å². The second-order valence-corrected chi connectivity index (χ2v) is 5.65. The van der Waals surface area contributed by atoms with Crippen LogP contribution in [0.4, 0.5) is 5.82 Å². The van der Waals surface area contributed by atoms with Gasteiger partial charge in [0.1, 0.15) is 5.03 Å². The molecule has 104 valence electrons. The Morgan fingerprint density at radius 2 is 1.79 bits per heavy atom. The van der Waals surface area contributed by atoms with Crippen LogP contribution in [0.15, 0.2) is 17.4 Å². The molecule has 0 aromatic carbocycles. The van der Waals surface area contributed by atoms with Crippen LogP contribution in [0.2, 0.25) is 0 Å². The Hall–Kier alpha value is -1.30. The van der Waals surface area contributed by atoms with E-state index in [1.54, 1.807) is 12.4 Å². The molecule has 0 unspecified atom stereocenters. The summed E-state index contributed by atoms with van der Waals surface area (Å²) < 4.78 is 0. The fourth-order valence-corrected chi connectivity index (χ4v) is 2.94. The second kappa shape index (κ2) is 7.33. The standard InChI is InChI=1S/C13H20N4OS/c14-12-13(16-7-6-15-12)19-10-11(18)17-8-4-2-1-3-5-9-17/h6-7H,1-5,8-10H2,(H2,14,15). The van der Waals surface area contributed by atoms with Gasteiger partial charge < -0.3 is 10.6 Å². The quantitative estimate of drug-likeness (QED) is 0.857. The molecule has 1 fully saturated rings. The molecule has 2 N–H and O–H groups in total. The molecule has 0 bridgehead atoms. The van der Waals surface area contributed by atoms with Gasteiger partial charge in [-0.1, -0.05) is 31.0 Å². The Morgan fingerprint density at radius 1 is 1.16 bits per heavy atom. The summed E-state index contributed by atoms with van der Waals surface area (Å²) in [5.74, 6) is 0.966. The zero-order valence-corrected chi connectivity index (χ0v) is 11.9. The molecule has 1 saturated heterocycles. The van der Waals surface area contributed by atoms with Crippen LogP contribution in [0.25, 0.3) is 0 Å². The van der Waals surface area contributed by atoms with Gasteiger partial charge in [-0.15, -0.1) is 0 Å². The van der Waals surface area contributed by atoms with E-state index >= 15 is 0 Å². The van der Waals surface area contributed by atoms with Gasteiger partial charge in [0.05, 0.1) is 5.75 Å². The van der Waals surface area contributed by atoms with Gasteiger partial charge in [0.2, 0.25) is 5.91 Å². The molecule has 0 spiro atoms. The van der Waals surface area contributed by atoms with Crippen molar-refractivity contribution >= 4 is 23.5 Å². The Kier molecular flexibility index (Phi) is 5.44. The zero-order valence-electron chi connectivity index (χ0n) is 11.0. The molecule has 2 rings (SSSR count). The summed E-state index contributed by atoms with van der Waals surface area (Å²) >= 11 is 1.37. The fourth-order valence-electron chi connectivity index (χ4n) is 2.17. The number of hydrogen-bond acceptors (Lipinski definition) is 5. The molecule has 1 amide bonds. The van der Waals surface area contributed by atoms with Gasteiger partial charge in [-0.05, 0) is 12.8 Å². The number of likely N-dealkylation sites (tertiary alicyclic amines) is 1. The Morgan fingerprint density at radius 3 is 2.47 bits per heavy atom. The highest BCUT2D eigenvalue weighted by atomic mass is 32.2. The monoisotopic (exact) mass is 280 g/mol. The van der Waals surface area contributed by atoms with Crippen LogP contribution in [0.1, 0.15) is 32.1 Å². The summed E-state index contributed by atoms with van der Waals surface area (Å²) in [5.41, 5.74) is 5.71. The number of rotatable bonds is 3. The minimum absolute atomic E-state index is 0.178. The first-order valence-electron chi connectivity index (χ1n) is 6.74. The lowest BCUT2D eigenvalue weighted by Gasteiger charge is -2.24. The smallest absolute Gasteiger partial charge is 0.232 e. The molecule has 19 heavy (non-hydrogen) atoms. The number of aromatic nitrogens is 2. The van der Waals surface area contributed by atoms with Crippen molar-refractivity contribution in [1.29, 1.82) is 0 Å². The molecule has 0 radical (unpaired) electrons. The SMILES string of the molecule is Nc1nccnc1SCC(=O)N1CCCCCCC1. The maximum Gasteiger partial charge on any atom is 0.232 e. The van der Waals surface area contributed by atoms with Crippen LogP contribution in [0.3, 0.4) is 0 Å². The summed E-state index contributed by atoms with van der Waals surface area (Å²) in [5, 5.41) is 0.642. The average molecular weight is 280 g/mol. The van der Waals surface area contributed by atoms with Gasteiger partial charge in [0.15, 0.2) is 5.82 Å². The summed E-state index contributed by atoms with van der Waals surface area (Å²) in [4.78, 5) is 22.2. The van der Waals surface area contributed by atoms with Crippen molar-refractivity contribution < 1.29 is 4.79 Å². The van der Waals surface area contributed by atoms with E-state index in [0.29, 0.717) is 16.6 Å². The lowest BCUT2D eigenvalue weighted by Crippen LogP contribution is -2.35. The number of nitrogens with zero attached hydrogens (tertiary/aromatic N) is 3. The molecule has 1 aliphatic rings. The largest absolute Gasteiger partial charge is 0.381 e. The summed E-state index contributed by atoms with van der Waals surface area (Å²) in [6.45, 7) is 1.77. The summed E-state index contributed by atoms with van der Waals surface area (Å²) in [6, 6.07) is 0. The van der Waals surface area contributed by atoms with Crippen LogP contribution in [-0.4, -0.2) is 39.6 Å². The van der Waals surface area contributed by atoms with E-state index in [9.17, 15) is 4.79 Å². The van der Waals surface area contributed by atoms with Gasteiger partial charge >= 0.3 is 0 Å². The van der Waals surface area contributed by atoms with Crippen LogP contribution in [0, 0.1) is 0 Å². The Bertz CT molecular complexity index is 419. The Labute approximate surface area is 118 Å². The number of amides is 1. The van der Waals surface area contributed by atoms with E-state index < -0.39 is 0 Å². The van der Waals surface area contributed by atoms with E-state index in [1.807, 2.05) is 4.90 Å². The van der Waals surface area contributed by atoms with E-state index in [1.165, 1.54) is 31.0 Å². The minimum Gasteiger partial charge on any atom is -0.381 e. The van der Waals surface area contributed by atoms with Crippen LogP contribution in [-0.2, 0) is 4.79 Å². The van der Waals surface area contributed by atoms with E-state index in [4.69, 9.17) is 5.73 Å². The molecular weight excluding hydrogens is 260 g/mol. The first-order valence-corrected chi connectivity index (χ1v) is 7.73. The Balaban J connectivity index is 1.84. The lowest BCUT2D eigenvalue weighted by molar-refractivity contribution is -0.128. The highest BCUT2D eigenvalue weighted by Crippen LogP contribution is 2.20. The summed E-state index contributed by atoms with van der Waals surface area (Å²) in [7, 11) is 0. The van der Waals surface area contributed by atoms with Gasteiger partial charge in [0.25, 0.3) is 0 Å². The van der Waals surface area contributed by atoms with E-state index in [2.05, 4.69) is 9.97 Å². The average Bonchev–Trinajstić information content (AvgIpc) is 2.37. The van der Waals surface area contributed by atoms with E-state index in [0.717, 1.165) is 25.9 Å². The third kappa shape index (κ3) is 4.38. The van der Waals surface area contributed by atoms with Crippen LogP contribution in [0.5, 0.6) is 0 Å². The van der Waals surface area contributed by atoms with Gasteiger partial charge in [-0.25, -0.2) is 9.97 Å². The normalized spacial score (nSPS) is 16.7. The maximum atomic E-state index is 12.2. The first kappa shape index (κ1) is 14.1. The zero-order chi connectivity index (χ0) is 13.5. The molecule has 5 nitrogen and oxygen atoms in total. The highest BCUT2D eigenvalue weighted by Gasteiger charge is 2.15. The molecule has 1 aliphatic heterocycles. The fraction of sp³-hybridized carbons (Fsp3) is 0.615. The van der Waals surface area contributed by atoms with Crippen LogP contribution >= 0.6 is 11.8 Å². The first-order chi connectivity index (χ1) is 9.27. The van der Waals surface area contributed by atoms with Crippen molar-refractivity contribution in [2.75, 3.05) is 24.6 Å². The predicted octanol–water partition coefficient (Wildman–Crippen LogP) is 1.94. The second-order valence-electron chi connectivity index (χ2n) is 4.68. The van der Waals surface area contributed by atoms with Crippen molar-refractivity contribution in [1.82, 2.24) is 14.9 Å². The third-order valence-corrected chi connectivity index (χ3v) is 4.21. The van der Waals surface area contributed by atoms with Gasteiger partial charge in [0, 0.05) is 25.5 Å². The highest BCUT2D eigenvalue weighted by molar-refractivity contribution is 8.00. The van der Waals surface area contributed by atoms with Crippen molar-refractivity contribution in [2.45, 2.75) is 37.1 Å². The predicted molar refractivity (Wildman–Crippen MR) is 76.8 cm³/mol. The topological polar surface area (TPSA) is 72.1 Å². The van der Waals surface area contributed by atoms with Crippen molar-refractivity contribution in [3.05, 3.63) is 12.4 Å². The third-order valence-electron chi connectivity index (χ3n) is 3.23. The molecule has 2 heterocycles. The van der Waals surface area contributed by atoms with Gasteiger partial charge in [-0.2, -0.15) is 0 Å².